The Bertz CT molecular complexity index is 843. The van der Waals surface area contributed by atoms with E-state index in [-0.39, 0.29) is 17.8 Å². The summed E-state index contributed by atoms with van der Waals surface area (Å²) in [5, 5.41) is 0.868. The Balaban J connectivity index is 1.51. The largest absolute Gasteiger partial charge is 0.465 e. The lowest BCUT2D eigenvalue weighted by molar-refractivity contribution is -0.149. The van der Waals surface area contributed by atoms with Gasteiger partial charge in [-0.1, -0.05) is 0 Å². The average Bonchev–Trinajstić information content (AvgIpc) is 3.10. The van der Waals surface area contributed by atoms with Crippen LogP contribution in [-0.4, -0.2) is 54.7 Å². The molecule has 3 heterocycles. The van der Waals surface area contributed by atoms with Gasteiger partial charge in [0.2, 0.25) is 0 Å². The van der Waals surface area contributed by atoms with Crippen molar-refractivity contribution >= 4 is 22.6 Å². The summed E-state index contributed by atoms with van der Waals surface area (Å²) < 4.78 is 19.0. The van der Waals surface area contributed by atoms with E-state index in [2.05, 4.69) is 14.8 Å². The standard InChI is InChI=1S/C21H26FN3O2/c1-3-27-21(26)14(2)24-9-7-15-11-25(13-16(15)12-24)20-6-8-23-19-5-4-17(22)10-18(19)20/h4-6,8,10,14-16H,3,7,9,11-13H2,1-2H3. The van der Waals surface area contributed by atoms with Crippen molar-refractivity contribution in [1.82, 2.24) is 9.88 Å². The summed E-state index contributed by atoms with van der Waals surface area (Å²) in [5.41, 5.74) is 1.88. The summed E-state index contributed by atoms with van der Waals surface area (Å²) in [6.07, 6.45) is 2.87. The van der Waals surface area contributed by atoms with Gasteiger partial charge in [0.15, 0.2) is 0 Å². The molecule has 0 N–H and O–H groups in total. The molecular formula is C21H26FN3O2. The molecule has 27 heavy (non-hydrogen) atoms. The number of anilines is 1. The number of esters is 1. The lowest BCUT2D eigenvalue weighted by Gasteiger charge is -2.36. The number of halogens is 1. The van der Waals surface area contributed by atoms with Crippen LogP contribution in [0.4, 0.5) is 10.1 Å². The fourth-order valence-electron chi connectivity index (χ4n) is 4.54. The third kappa shape index (κ3) is 3.50. The van der Waals surface area contributed by atoms with Crippen molar-refractivity contribution < 1.29 is 13.9 Å². The number of ether oxygens (including phenoxy) is 1. The predicted molar refractivity (Wildman–Crippen MR) is 103 cm³/mol. The summed E-state index contributed by atoms with van der Waals surface area (Å²) in [5.74, 6) is 0.740. The number of carbonyl (C=O) groups is 1. The van der Waals surface area contributed by atoms with Crippen molar-refractivity contribution in [3.63, 3.8) is 0 Å². The lowest BCUT2D eigenvalue weighted by atomic mass is 9.88. The van der Waals surface area contributed by atoms with Crippen LogP contribution >= 0.6 is 0 Å². The molecule has 0 aliphatic carbocycles. The number of likely N-dealkylation sites (tertiary alicyclic amines) is 1. The number of benzene rings is 1. The summed E-state index contributed by atoms with van der Waals surface area (Å²) >= 11 is 0. The molecule has 0 bridgehead atoms. The van der Waals surface area contributed by atoms with Gasteiger partial charge in [0.25, 0.3) is 0 Å². The van der Waals surface area contributed by atoms with E-state index in [4.69, 9.17) is 4.74 Å². The Morgan fingerprint density at radius 3 is 2.93 bits per heavy atom. The van der Waals surface area contributed by atoms with Crippen LogP contribution in [0.2, 0.25) is 0 Å². The first-order valence-electron chi connectivity index (χ1n) is 9.76. The monoisotopic (exact) mass is 371 g/mol. The van der Waals surface area contributed by atoms with Crippen LogP contribution in [0.15, 0.2) is 30.5 Å². The maximum absolute atomic E-state index is 13.8. The Morgan fingerprint density at radius 1 is 1.30 bits per heavy atom. The second-order valence-corrected chi connectivity index (χ2v) is 7.63. The Labute approximate surface area is 159 Å². The van der Waals surface area contributed by atoms with Crippen LogP contribution in [0.1, 0.15) is 20.3 Å². The van der Waals surface area contributed by atoms with Gasteiger partial charge in [-0.2, -0.15) is 0 Å². The fraction of sp³-hybridized carbons (Fsp3) is 0.524. The molecule has 2 fully saturated rings. The van der Waals surface area contributed by atoms with Gasteiger partial charge in [-0.3, -0.25) is 14.7 Å². The molecule has 0 spiro atoms. The predicted octanol–water partition coefficient (Wildman–Crippen LogP) is 3.08. The highest BCUT2D eigenvalue weighted by Gasteiger charge is 2.39. The molecule has 2 aliphatic heterocycles. The summed E-state index contributed by atoms with van der Waals surface area (Å²) in [7, 11) is 0. The van der Waals surface area contributed by atoms with E-state index < -0.39 is 0 Å². The zero-order valence-electron chi connectivity index (χ0n) is 15.9. The second kappa shape index (κ2) is 7.43. The van der Waals surface area contributed by atoms with Gasteiger partial charge in [0, 0.05) is 36.9 Å². The van der Waals surface area contributed by atoms with Crippen molar-refractivity contribution in [1.29, 1.82) is 0 Å². The third-order valence-electron chi connectivity index (χ3n) is 6.03. The minimum absolute atomic E-state index is 0.138. The Hall–Kier alpha value is -2.21. The zero-order chi connectivity index (χ0) is 19.0. The van der Waals surface area contributed by atoms with Gasteiger partial charge in [0.05, 0.1) is 12.1 Å². The van der Waals surface area contributed by atoms with Gasteiger partial charge >= 0.3 is 5.97 Å². The van der Waals surface area contributed by atoms with Crippen LogP contribution < -0.4 is 4.90 Å². The first-order valence-corrected chi connectivity index (χ1v) is 9.76. The topological polar surface area (TPSA) is 45.7 Å². The van der Waals surface area contributed by atoms with E-state index in [0.29, 0.717) is 18.4 Å². The normalized spacial score (nSPS) is 24.0. The quantitative estimate of drug-likeness (QED) is 0.773. The number of nitrogens with zero attached hydrogens (tertiary/aromatic N) is 3. The zero-order valence-corrected chi connectivity index (χ0v) is 15.9. The van der Waals surface area contributed by atoms with E-state index in [1.807, 2.05) is 19.9 Å². The number of fused-ring (bicyclic) bond motifs is 2. The molecule has 2 saturated heterocycles. The maximum atomic E-state index is 13.8. The molecule has 2 aromatic rings. The molecule has 3 unspecified atom stereocenters. The van der Waals surface area contributed by atoms with Crippen LogP contribution in [0.3, 0.4) is 0 Å². The summed E-state index contributed by atoms with van der Waals surface area (Å²) in [6.45, 7) is 7.91. The lowest BCUT2D eigenvalue weighted by Crippen LogP contribution is -2.48. The SMILES string of the molecule is CCOC(=O)C(C)N1CCC2CN(c3ccnc4ccc(F)cc34)CC2C1. The minimum atomic E-state index is -0.234. The van der Waals surface area contributed by atoms with Gasteiger partial charge < -0.3 is 9.64 Å². The maximum Gasteiger partial charge on any atom is 0.323 e. The molecule has 144 valence electrons. The van der Waals surface area contributed by atoms with Crippen molar-refractivity contribution in [3.05, 3.63) is 36.3 Å². The average molecular weight is 371 g/mol. The van der Waals surface area contributed by atoms with E-state index in [1.165, 1.54) is 6.07 Å². The van der Waals surface area contributed by atoms with E-state index >= 15 is 0 Å². The van der Waals surface area contributed by atoms with Gasteiger partial charge in [0.1, 0.15) is 11.9 Å². The number of hydrogen-bond donors (Lipinski definition) is 0. The molecule has 5 nitrogen and oxygen atoms in total. The van der Waals surface area contributed by atoms with E-state index in [1.54, 1.807) is 18.3 Å². The van der Waals surface area contributed by atoms with Gasteiger partial charge in [-0.05, 0) is 62.9 Å². The van der Waals surface area contributed by atoms with Crippen molar-refractivity contribution in [2.45, 2.75) is 26.3 Å². The molecule has 0 saturated carbocycles. The van der Waals surface area contributed by atoms with Crippen LogP contribution in [0.25, 0.3) is 10.9 Å². The molecular weight excluding hydrogens is 345 g/mol. The highest BCUT2D eigenvalue weighted by Crippen LogP contribution is 2.37. The number of carbonyl (C=O) groups excluding carboxylic acids is 1. The molecule has 6 heteroatoms. The number of aromatic nitrogens is 1. The minimum Gasteiger partial charge on any atom is -0.465 e. The fourth-order valence-corrected chi connectivity index (χ4v) is 4.54. The molecule has 4 rings (SSSR count). The number of hydrogen-bond acceptors (Lipinski definition) is 5. The molecule has 3 atom stereocenters. The van der Waals surface area contributed by atoms with Crippen LogP contribution in [-0.2, 0) is 9.53 Å². The summed E-state index contributed by atoms with van der Waals surface area (Å²) in [4.78, 5) is 21.0. The smallest absolute Gasteiger partial charge is 0.323 e. The third-order valence-corrected chi connectivity index (χ3v) is 6.03. The molecule has 2 aliphatic rings. The molecule has 1 aromatic carbocycles. The number of rotatable bonds is 4. The van der Waals surface area contributed by atoms with Crippen molar-refractivity contribution in [2.24, 2.45) is 11.8 Å². The highest BCUT2D eigenvalue weighted by molar-refractivity contribution is 5.91. The Morgan fingerprint density at radius 2 is 2.11 bits per heavy atom. The molecule has 0 radical (unpaired) electrons. The molecule has 1 aromatic heterocycles. The first-order chi connectivity index (χ1) is 13.1. The number of pyridine rings is 1. The van der Waals surface area contributed by atoms with E-state index in [9.17, 15) is 9.18 Å². The second-order valence-electron chi connectivity index (χ2n) is 7.63. The van der Waals surface area contributed by atoms with Gasteiger partial charge in [-0.25, -0.2) is 4.39 Å². The summed E-state index contributed by atoms with van der Waals surface area (Å²) in [6, 6.07) is 6.56. The first kappa shape index (κ1) is 18.2. The highest BCUT2D eigenvalue weighted by atomic mass is 19.1. The number of piperidine rings is 1. The van der Waals surface area contributed by atoms with Crippen LogP contribution in [0.5, 0.6) is 0 Å². The van der Waals surface area contributed by atoms with Crippen LogP contribution in [0, 0.1) is 17.7 Å². The van der Waals surface area contributed by atoms with Crippen molar-refractivity contribution in [3.8, 4) is 0 Å². The molecule has 0 amide bonds. The Kier molecular flexibility index (Phi) is 5.00. The van der Waals surface area contributed by atoms with E-state index in [0.717, 1.165) is 49.2 Å². The van der Waals surface area contributed by atoms with Gasteiger partial charge in [-0.15, -0.1) is 0 Å². The van der Waals surface area contributed by atoms with Crippen molar-refractivity contribution in [2.75, 3.05) is 37.7 Å².